The summed E-state index contributed by atoms with van der Waals surface area (Å²) in [5.74, 6) is -2.10. The van der Waals surface area contributed by atoms with E-state index in [1.54, 1.807) is 0 Å². The van der Waals surface area contributed by atoms with Crippen molar-refractivity contribution in [1.82, 2.24) is 0 Å². The van der Waals surface area contributed by atoms with Crippen LogP contribution < -0.4 is 16.8 Å². The molecule has 0 unspecified atom stereocenters. The predicted molar refractivity (Wildman–Crippen MR) is 69.6 cm³/mol. The van der Waals surface area contributed by atoms with Crippen molar-refractivity contribution in [2.45, 2.75) is 0 Å². The van der Waals surface area contributed by atoms with Crippen LogP contribution in [0, 0.1) is 11.6 Å². The van der Waals surface area contributed by atoms with Gasteiger partial charge in [-0.05, 0) is 30.3 Å². The summed E-state index contributed by atoms with van der Waals surface area (Å²) < 4.78 is 26.0. The van der Waals surface area contributed by atoms with Gasteiger partial charge in [-0.2, -0.15) is 0 Å². The number of rotatable bonds is 2. The van der Waals surface area contributed by atoms with Gasteiger partial charge >= 0.3 is 0 Å². The topological polar surface area (TPSA) is 81.1 Å². The Balaban J connectivity index is 2.25. The van der Waals surface area contributed by atoms with Gasteiger partial charge in [0, 0.05) is 28.7 Å². The molecule has 0 saturated carbocycles. The Morgan fingerprint density at radius 3 is 1.95 bits per heavy atom. The second kappa shape index (κ2) is 4.93. The fourth-order valence-electron chi connectivity index (χ4n) is 1.64. The number of benzene rings is 2. The third-order valence-electron chi connectivity index (χ3n) is 2.36. The molecule has 0 aliphatic carbocycles. The average molecular weight is 263 g/mol. The first kappa shape index (κ1) is 12.8. The minimum absolute atomic E-state index is 0.0171. The number of halogens is 2. The van der Waals surface area contributed by atoms with Crippen molar-refractivity contribution in [1.29, 1.82) is 0 Å². The van der Waals surface area contributed by atoms with Gasteiger partial charge in [0.25, 0.3) is 5.91 Å². The predicted octanol–water partition coefficient (Wildman–Crippen LogP) is 2.38. The summed E-state index contributed by atoms with van der Waals surface area (Å²) in [5.41, 5.74) is 12.0. The van der Waals surface area contributed by atoms with E-state index in [-0.39, 0.29) is 11.3 Å². The van der Waals surface area contributed by atoms with E-state index in [4.69, 9.17) is 11.5 Å². The van der Waals surface area contributed by atoms with Crippen LogP contribution in [-0.4, -0.2) is 5.91 Å². The van der Waals surface area contributed by atoms with Gasteiger partial charge in [0.1, 0.15) is 11.6 Å². The van der Waals surface area contributed by atoms with Crippen molar-refractivity contribution < 1.29 is 13.6 Å². The highest BCUT2D eigenvalue weighted by Crippen LogP contribution is 2.17. The first-order valence-electron chi connectivity index (χ1n) is 5.37. The van der Waals surface area contributed by atoms with Crippen LogP contribution in [0.2, 0.25) is 0 Å². The number of carbonyl (C=O) groups excluding carboxylic acids is 1. The van der Waals surface area contributed by atoms with E-state index >= 15 is 0 Å². The molecule has 5 N–H and O–H groups in total. The van der Waals surface area contributed by atoms with Crippen LogP contribution in [-0.2, 0) is 0 Å². The molecule has 2 rings (SSSR count). The van der Waals surface area contributed by atoms with E-state index in [0.29, 0.717) is 17.4 Å². The summed E-state index contributed by atoms with van der Waals surface area (Å²) >= 11 is 0. The molecule has 0 atom stereocenters. The summed E-state index contributed by atoms with van der Waals surface area (Å²) in [6.45, 7) is 0. The van der Waals surface area contributed by atoms with E-state index < -0.39 is 17.5 Å². The minimum atomic E-state index is -0.776. The first-order chi connectivity index (χ1) is 8.94. The quantitative estimate of drug-likeness (QED) is 0.727. The lowest BCUT2D eigenvalue weighted by Crippen LogP contribution is -2.13. The molecule has 2 aromatic rings. The number of nitrogens with one attached hydrogen (secondary N) is 1. The lowest BCUT2D eigenvalue weighted by atomic mass is 10.1. The van der Waals surface area contributed by atoms with E-state index in [1.807, 2.05) is 0 Å². The van der Waals surface area contributed by atoms with Crippen molar-refractivity contribution in [2.24, 2.45) is 0 Å². The monoisotopic (exact) mass is 263 g/mol. The maximum Gasteiger partial charge on any atom is 0.255 e. The molecule has 4 nitrogen and oxygen atoms in total. The number of carbonyl (C=O) groups is 1. The van der Waals surface area contributed by atoms with Crippen LogP contribution in [0.4, 0.5) is 25.8 Å². The molecule has 0 radical (unpaired) electrons. The summed E-state index contributed by atoms with van der Waals surface area (Å²) in [4.78, 5) is 11.9. The molecule has 2 aromatic carbocycles. The summed E-state index contributed by atoms with van der Waals surface area (Å²) in [6.07, 6.45) is 0. The van der Waals surface area contributed by atoms with E-state index in [2.05, 4.69) is 5.32 Å². The van der Waals surface area contributed by atoms with Gasteiger partial charge in [-0.1, -0.05) is 0 Å². The smallest absolute Gasteiger partial charge is 0.255 e. The van der Waals surface area contributed by atoms with Crippen molar-refractivity contribution in [3.63, 3.8) is 0 Å². The number of nitrogen functional groups attached to an aromatic ring is 2. The Hall–Kier alpha value is -2.63. The highest BCUT2D eigenvalue weighted by molar-refractivity contribution is 6.05. The third kappa shape index (κ3) is 3.19. The Bertz CT molecular complexity index is 603. The molecule has 0 bridgehead atoms. The van der Waals surface area contributed by atoms with Crippen LogP contribution >= 0.6 is 0 Å². The molecular formula is C13H11F2N3O. The van der Waals surface area contributed by atoms with E-state index in [9.17, 15) is 13.6 Å². The Morgan fingerprint density at radius 1 is 0.895 bits per heavy atom. The Kier molecular flexibility index (Phi) is 3.33. The highest BCUT2D eigenvalue weighted by atomic mass is 19.1. The second-order valence-electron chi connectivity index (χ2n) is 4.00. The third-order valence-corrected chi connectivity index (χ3v) is 2.36. The maximum absolute atomic E-state index is 13.0. The molecule has 0 aromatic heterocycles. The summed E-state index contributed by atoms with van der Waals surface area (Å²) in [5, 5.41) is 2.36. The van der Waals surface area contributed by atoms with Gasteiger partial charge in [0.15, 0.2) is 0 Å². The Labute approximate surface area is 108 Å². The molecule has 19 heavy (non-hydrogen) atoms. The molecule has 6 heteroatoms. The lowest BCUT2D eigenvalue weighted by molar-refractivity contribution is 0.102. The van der Waals surface area contributed by atoms with Crippen LogP contribution in [0.1, 0.15) is 10.4 Å². The molecule has 0 heterocycles. The van der Waals surface area contributed by atoms with Crippen LogP contribution in [0.15, 0.2) is 36.4 Å². The normalized spacial score (nSPS) is 10.2. The van der Waals surface area contributed by atoms with Gasteiger partial charge in [0.2, 0.25) is 0 Å². The zero-order valence-corrected chi connectivity index (χ0v) is 9.78. The molecule has 0 fully saturated rings. The van der Waals surface area contributed by atoms with Crippen LogP contribution in [0.3, 0.4) is 0 Å². The van der Waals surface area contributed by atoms with Crippen molar-refractivity contribution >= 4 is 23.0 Å². The SMILES string of the molecule is Nc1cc(N)cc(C(=O)Nc2cc(F)cc(F)c2)c1. The minimum Gasteiger partial charge on any atom is -0.399 e. The van der Waals surface area contributed by atoms with Crippen LogP contribution in [0.25, 0.3) is 0 Å². The molecule has 0 saturated heterocycles. The molecule has 0 aliphatic heterocycles. The lowest BCUT2D eigenvalue weighted by Gasteiger charge is -2.07. The number of nitrogens with two attached hydrogens (primary N) is 2. The number of hydrogen-bond acceptors (Lipinski definition) is 3. The molecule has 0 aliphatic rings. The molecule has 1 amide bonds. The van der Waals surface area contributed by atoms with E-state index in [1.165, 1.54) is 18.2 Å². The van der Waals surface area contributed by atoms with Crippen molar-refractivity contribution in [2.75, 3.05) is 16.8 Å². The zero-order chi connectivity index (χ0) is 14.0. The zero-order valence-electron chi connectivity index (χ0n) is 9.78. The fraction of sp³-hybridized carbons (Fsp3) is 0. The average Bonchev–Trinajstić information content (AvgIpc) is 2.25. The molecule has 98 valence electrons. The van der Waals surface area contributed by atoms with Gasteiger partial charge in [0.05, 0.1) is 0 Å². The fourth-order valence-corrected chi connectivity index (χ4v) is 1.64. The van der Waals surface area contributed by atoms with Crippen molar-refractivity contribution in [3.8, 4) is 0 Å². The maximum atomic E-state index is 13.0. The van der Waals surface area contributed by atoms with Crippen molar-refractivity contribution in [3.05, 3.63) is 53.6 Å². The summed E-state index contributed by atoms with van der Waals surface area (Å²) in [6, 6.07) is 7.07. The van der Waals surface area contributed by atoms with Gasteiger partial charge in [-0.3, -0.25) is 4.79 Å². The first-order valence-corrected chi connectivity index (χ1v) is 5.37. The van der Waals surface area contributed by atoms with Gasteiger partial charge in [-0.15, -0.1) is 0 Å². The van der Waals surface area contributed by atoms with Crippen LogP contribution in [0.5, 0.6) is 0 Å². The van der Waals surface area contributed by atoms with Gasteiger partial charge in [-0.25, -0.2) is 8.78 Å². The van der Waals surface area contributed by atoms with Gasteiger partial charge < -0.3 is 16.8 Å². The summed E-state index contributed by atoms with van der Waals surface area (Å²) in [7, 11) is 0. The Morgan fingerprint density at radius 2 is 1.42 bits per heavy atom. The largest absolute Gasteiger partial charge is 0.399 e. The number of amides is 1. The number of anilines is 3. The standard InChI is InChI=1S/C13H11F2N3O/c14-8-3-9(15)5-12(4-8)18-13(19)7-1-10(16)6-11(17)2-7/h1-6H,16-17H2,(H,18,19). The second-order valence-corrected chi connectivity index (χ2v) is 4.00. The highest BCUT2D eigenvalue weighted by Gasteiger charge is 2.09. The number of hydrogen-bond donors (Lipinski definition) is 3. The van der Waals surface area contributed by atoms with E-state index in [0.717, 1.165) is 12.1 Å². The molecule has 0 spiro atoms. The molecular weight excluding hydrogens is 252 g/mol.